The maximum absolute atomic E-state index is 12.0. The van der Waals surface area contributed by atoms with Crippen molar-refractivity contribution in [3.8, 4) is 23.0 Å². The van der Waals surface area contributed by atoms with E-state index in [1.807, 2.05) is 0 Å². The lowest BCUT2D eigenvalue weighted by molar-refractivity contribution is -0.385. The highest BCUT2D eigenvalue weighted by Crippen LogP contribution is 2.42. The summed E-state index contributed by atoms with van der Waals surface area (Å²) < 4.78 is 62.3. The maximum Gasteiger partial charge on any atom is 0.503 e. The minimum Gasteiger partial charge on any atom is -0.493 e. The van der Waals surface area contributed by atoms with Crippen LogP contribution in [0.2, 0.25) is 11.1 Å². The van der Waals surface area contributed by atoms with Gasteiger partial charge in [-0.25, -0.2) is 0 Å². The van der Waals surface area contributed by atoms with Gasteiger partial charge in [-0.1, -0.05) is 25.7 Å². The van der Waals surface area contributed by atoms with Gasteiger partial charge in [-0.3, -0.25) is 20.2 Å². The third-order valence-electron chi connectivity index (χ3n) is 9.89. The highest BCUT2D eigenvalue weighted by atomic mass is 28.4. The molecule has 2 rings (SSSR count). The molecule has 19 heteroatoms. The highest BCUT2D eigenvalue weighted by Gasteiger charge is 2.48. The topological polar surface area (TPSA) is 188 Å². The first-order valence-electron chi connectivity index (χ1n) is 18.1. The van der Waals surface area contributed by atoms with Crippen LogP contribution in [0.3, 0.4) is 0 Å². The molecule has 0 radical (unpaired) electrons. The van der Waals surface area contributed by atoms with Gasteiger partial charge in [-0.05, 0) is 50.7 Å². The molecule has 0 bridgehead atoms. The minimum absolute atomic E-state index is 0.0721. The van der Waals surface area contributed by atoms with Gasteiger partial charge in [0.2, 0.25) is 0 Å². The number of benzene rings is 2. The molecule has 0 aliphatic rings. The summed E-state index contributed by atoms with van der Waals surface area (Å²) in [5.74, 6) is 1.35. The van der Waals surface area contributed by atoms with Crippen molar-refractivity contribution in [2.75, 3.05) is 84.3 Å². The Morgan fingerprint density at radius 3 is 1.07 bits per heavy atom. The Morgan fingerprint density at radius 1 is 0.491 bits per heavy atom. The molecule has 2 aromatic rings. The van der Waals surface area contributed by atoms with Gasteiger partial charge in [0.25, 0.3) is 11.4 Å². The zero-order valence-electron chi connectivity index (χ0n) is 34.0. The molecule has 2 atom stereocenters. The van der Waals surface area contributed by atoms with Crippen LogP contribution in [0.4, 0.5) is 11.4 Å². The van der Waals surface area contributed by atoms with Crippen LogP contribution in [0.15, 0.2) is 24.3 Å². The summed E-state index contributed by atoms with van der Waals surface area (Å²) in [5, 5.41) is 24.0. The predicted molar refractivity (Wildman–Crippen MR) is 209 cm³/mol. The summed E-state index contributed by atoms with van der Waals surface area (Å²) in [6.07, 6.45) is 6.94. The number of nitro groups is 2. The predicted octanol–water partition coefficient (Wildman–Crippen LogP) is 6.96. The Labute approximate surface area is 326 Å². The Morgan fingerprint density at radius 2 is 0.800 bits per heavy atom. The summed E-state index contributed by atoms with van der Waals surface area (Å²) in [4.78, 5) is 23.1. The van der Waals surface area contributed by atoms with Crippen LogP contribution < -0.4 is 18.9 Å². The van der Waals surface area contributed by atoms with Crippen molar-refractivity contribution in [1.29, 1.82) is 0 Å². The van der Waals surface area contributed by atoms with E-state index < -0.39 is 27.5 Å². The van der Waals surface area contributed by atoms with Crippen LogP contribution >= 0.6 is 0 Å². The third-order valence-corrected chi connectivity index (χ3v) is 16.3. The normalized spacial score (nSPS) is 13.0. The molecule has 55 heavy (non-hydrogen) atoms. The first-order chi connectivity index (χ1) is 26.4. The molecule has 0 fully saturated rings. The molecule has 0 spiro atoms. The molecule has 0 aliphatic heterocycles. The molecule has 312 valence electrons. The first kappa shape index (κ1) is 47.7. The van der Waals surface area contributed by atoms with Crippen molar-refractivity contribution >= 4 is 29.0 Å². The van der Waals surface area contributed by atoms with E-state index in [1.165, 1.54) is 40.6 Å². The number of nitro benzene ring substituents is 2. The van der Waals surface area contributed by atoms with Gasteiger partial charge in [-0.15, -0.1) is 0 Å². The van der Waals surface area contributed by atoms with Gasteiger partial charge in [0.05, 0.1) is 50.4 Å². The van der Waals surface area contributed by atoms with Crippen LogP contribution in [0.25, 0.3) is 0 Å². The van der Waals surface area contributed by atoms with Crippen molar-refractivity contribution in [3.05, 3.63) is 55.6 Å². The summed E-state index contributed by atoms with van der Waals surface area (Å²) in [5.41, 5.74) is 0.319. The number of rotatable bonds is 30. The number of nitrogens with zero attached hydrogens (tertiary/aromatic N) is 2. The molecule has 0 saturated heterocycles. The van der Waals surface area contributed by atoms with Crippen molar-refractivity contribution in [1.82, 2.24) is 0 Å². The van der Waals surface area contributed by atoms with Crippen molar-refractivity contribution in [3.63, 3.8) is 0 Å². The van der Waals surface area contributed by atoms with Crippen molar-refractivity contribution < 1.29 is 60.1 Å². The molecular formula is C36H60N2O15Si2. The van der Waals surface area contributed by atoms with Crippen LogP contribution in [-0.4, -0.2) is 112 Å². The summed E-state index contributed by atoms with van der Waals surface area (Å²) in [6, 6.07) is 6.01. The van der Waals surface area contributed by atoms with E-state index >= 15 is 0 Å². The second-order valence-corrected chi connectivity index (χ2v) is 19.2. The largest absolute Gasteiger partial charge is 0.503 e. The monoisotopic (exact) mass is 816 g/mol. The van der Waals surface area contributed by atoms with E-state index in [0.717, 1.165) is 38.5 Å². The van der Waals surface area contributed by atoms with Gasteiger partial charge in [-0.2, -0.15) is 0 Å². The number of unbranched alkanes of at least 4 members (excludes halogenated alkanes) is 4. The molecule has 0 aromatic heterocycles. The second-order valence-electron chi connectivity index (χ2n) is 12.7. The zero-order valence-corrected chi connectivity index (χ0v) is 36.0. The molecule has 0 heterocycles. The minimum atomic E-state index is -3.18. The summed E-state index contributed by atoms with van der Waals surface area (Å²) in [6.45, 7) is 1.18. The lowest BCUT2D eigenvalue weighted by Crippen LogP contribution is -2.48. The molecule has 0 N–H and O–H groups in total. The standard InChI is InChI=1S/C36H60N2O15Si2/c1-43-33-23-27(31(37(39)40)25-35(33)45-3)21-29(54(47-5,48-6)49-7)17-13-11-15-19-53-20-16-12-14-18-30(55(50-8,51-9)52-10)22-28-24-34(44-2)36(46-4)26-32(28)38(41)42/h23-26,29-30H,11-22H2,1-10H3. The summed E-state index contributed by atoms with van der Waals surface area (Å²) >= 11 is 0. The van der Waals surface area contributed by atoms with Gasteiger partial charge in [0.15, 0.2) is 23.0 Å². The third kappa shape index (κ3) is 12.8. The quantitative estimate of drug-likeness (QED) is 0.0341. The number of methoxy groups -OCH3 is 4. The van der Waals surface area contributed by atoms with E-state index in [2.05, 4.69) is 0 Å². The fourth-order valence-electron chi connectivity index (χ4n) is 6.97. The van der Waals surface area contributed by atoms with Crippen LogP contribution in [-0.2, 0) is 44.1 Å². The molecule has 0 amide bonds. The van der Waals surface area contributed by atoms with Gasteiger partial charge in [0.1, 0.15) is 0 Å². The lowest BCUT2D eigenvalue weighted by atomic mass is 10.0. The van der Waals surface area contributed by atoms with Gasteiger partial charge in [0, 0.05) is 78.1 Å². The molecule has 2 unspecified atom stereocenters. The maximum atomic E-state index is 12.0. The van der Waals surface area contributed by atoms with E-state index in [4.69, 9.17) is 50.2 Å². The summed E-state index contributed by atoms with van der Waals surface area (Å²) in [7, 11) is 8.71. The van der Waals surface area contributed by atoms with E-state index in [-0.39, 0.29) is 34.0 Å². The van der Waals surface area contributed by atoms with Crippen LogP contribution in [0.5, 0.6) is 23.0 Å². The van der Waals surface area contributed by atoms with E-state index in [1.54, 1.807) is 54.8 Å². The van der Waals surface area contributed by atoms with Gasteiger partial charge >= 0.3 is 17.6 Å². The average molecular weight is 817 g/mol. The lowest BCUT2D eigenvalue weighted by Gasteiger charge is -2.32. The SMILES string of the molecule is COc1cc(CC(CCCCCOCCCCCC(Cc2cc(OC)c(OC)cc2[N+](=O)[O-])[Si](OC)(OC)OC)[Si](OC)(OC)OC)c([N+](=O)[O-])cc1OC. The van der Waals surface area contributed by atoms with Crippen molar-refractivity contribution in [2.45, 2.75) is 75.3 Å². The number of hydrogen-bond acceptors (Lipinski definition) is 15. The fourth-order valence-corrected chi connectivity index (χ4v) is 12.0. The molecule has 2 aromatic carbocycles. The average Bonchev–Trinajstić information content (AvgIpc) is 3.20. The molecular weight excluding hydrogens is 757 g/mol. The Hall–Kier alpha value is -3.41. The molecule has 0 saturated carbocycles. The molecule has 17 nitrogen and oxygen atoms in total. The van der Waals surface area contributed by atoms with Gasteiger partial charge < -0.3 is 50.2 Å². The van der Waals surface area contributed by atoms with E-state index in [9.17, 15) is 20.2 Å². The number of ether oxygens (including phenoxy) is 5. The highest BCUT2D eigenvalue weighted by molar-refractivity contribution is 6.62. The first-order valence-corrected chi connectivity index (χ1v) is 21.7. The smallest absolute Gasteiger partial charge is 0.493 e. The Kier molecular flexibility index (Phi) is 21.1. The van der Waals surface area contributed by atoms with E-state index in [0.29, 0.717) is 61.5 Å². The Balaban J connectivity index is 1.96. The van der Waals surface area contributed by atoms with Crippen molar-refractivity contribution in [2.24, 2.45) is 0 Å². The van der Waals surface area contributed by atoms with Crippen LogP contribution in [0, 0.1) is 20.2 Å². The molecule has 0 aliphatic carbocycles. The zero-order chi connectivity index (χ0) is 41.0. The Bertz CT molecular complexity index is 1350. The second kappa shape index (κ2) is 24.3. The number of hydrogen-bond donors (Lipinski definition) is 0. The fraction of sp³-hybridized carbons (Fsp3) is 0.667. The van der Waals surface area contributed by atoms with Crippen LogP contribution in [0.1, 0.15) is 62.5 Å².